The molecule has 1 aromatic heterocycles. The fraction of sp³-hybridized carbons (Fsp3) is 0.476. The Kier molecular flexibility index (Phi) is 5.41. The highest BCUT2D eigenvalue weighted by Crippen LogP contribution is 2.40. The lowest BCUT2D eigenvalue weighted by molar-refractivity contribution is -0.121. The third kappa shape index (κ3) is 4.58. The van der Waals surface area contributed by atoms with Gasteiger partial charge in [-0.05, 0) is 49.9 Å². The lowest BCUT2D eigenvalue weighted by atomic mass is 10.0. The third-order valence-electron chi connectivity index (χ3n) is 5.53. The first kappa shape index (κ1) is 18.7. The zero-order chi connectivity index (χ0) is 19.5. The second-order valence-electron chi connectivity index (χ2n) is 7.71. The average molecular weight is 384 g/mol. The minimum atomic E-state index is -0.376. The second-order valence-corrected chi connectivity index (χ2v) is 7.71. The monoisotopic (exact) mass is 384 g/mol. The van der Waals surface area contributed by atoms with Gasteiger partial charge < -0.3 is 10.2 Å². The molecule has 1 aliphatic heterocycles. The number of H-pyrrole nitrogens is 1. The molecule has 0 bridgehead atoms. The van der Waals surface area contributed by atoms with Gasteiger partial charge in [-0.15, -0.1) is 0 Å². The van der Waals surface area contributed by atoms with Crippen LogP contribution in [0.5, 0.6) is 0 Å². The molecule has 4 rings (SSSR count). The van der Waals surface area contributed by atoms with E-state index in [0.717, 1.165) is 31.7 Å². The number of hydrogen-bond donors (Lipinski definition) is 2. The van der Waals surface area contributed by atoms with Crippen molar-refractivity contribution in [2.24, 2.45) is 0 Å². The van der Waals surface area contributed by atoms with Gasteiger partial charge in [0.05, 0.1) is 0 Å². The number of halogens is 1. The molecule has 148 valence electrons. The van der Waals surface area contributed by atoms with Crippen molar-refractivity contribution < 1.29 is 14.0 Å². The van der Waals surface area contributed by atoms with Crippen molar-refractivity contribution in [1.82, 2.24) is 15.5 Å². The van der Waals surface area contributed by atoms with Gasteiger partial charge in [-0.2, -0.15) is 5.10 Å². The van der Waals surface area contributed by atoms with Crippen LogP contribution in [0.1, 0.15) is 60.5 Å². The van der Waals surface area contributed by atoms with E-state index in [2.05, 4.69) is 26.5 Å². The van der Waals surface area contributed by atoms with E-state index in [1.165, 1.54) is 42.8 Å². The van der Waals surface area contributed by atoms with Crippen molar-refractivity contribution in [3.63, 3.8) is 0 Å². The standard InChI is InChI=1S/C21H25FN4O2/c22-16-5-3-15(4-6-16)19(27)7-8-21(28)23-17-9-11-26(12-10-17)20-13-18(24-25-20)14-1-2-14/h3-6,13-14,17H,1-2,7-12H2,(H,23,28)(H,24,25). The molecular formula is C21H25FN4O2. The number of piperidine rings is 1. The zero-order valence-electron chi connectivity index (χ0n) is 15.8. The number of nitrogens with zero attached hydrogens (tertiary/aromatic N) is 2. The van der Waals surface area contributed by atoms with E-state index in [9.17, 15) is 14.0 Å². The maximum absolute atomic E-state index is 12.9. The van der Waals surface area contributed by atoms with Crippen LogP contribution in [0.3, 0.4) is 0 Å². The Morgan fingerprint density at radius 1 is 1.11 bits per heavy atom. The van der Waals surface area contributed by atoms with Gasteiger partial charge in [0.2, 0.25) is 5.91 Å². The van der Waals surface area contributed by atoms with E-state index in [-0.39, 0.29) is 36.4 Å². The van der Waals surface area contributed by atoms with E-state index in [1.54, 1.807) is 0 Å². The number of carbonyl (C=O) groups is 2. The number of anilines is 1. The van der Waals surface area contributed by atoms with Crippen LogP contribution >= 0.6 is 0 Å². The number of benzene rings is 1. The van der Waals surface area contributed by atoms with E-state index in [4.69, 9.17) is 0 Å². The number of nitrogens with one attached hydrogen (secondary N) is 2. The first-order valence-electron chi connectivity index (χ1n) is 9.97. The molecule has 28 heavy (non-hydrogen) atoms. The predicted molar refractivity (Wildman–Crippen MR) is 104 cm³/mol. The summed E-state index contributed by atoms with van der Waals surface area (Å²) in [5, 5.41) is 10.6. The van der Waals surface area contributed by atoms with Crippen molar-refractivity contribution in [2.45, 2.75) is 50.5 Å². The smallest absolute Gasteiger partial charge is 0.220 e. The summed E-state index contributed by atoms with van der Waals surface area (Å²) in [4.78, 5) is 26.5. The lowest BCUT2D eigenvalue weighted by Crippen LogP contribution is -2.44. The summed E-state index contributed by atoms with van der Waals surface area (Å²) >= 11 is 0. The van der Waals surface area contributed by atoms with Gasteiger partial charge in [0.1, 0.15) is 5.82 Å². The van der Waals surface area contributed by atoms with Gasteiger partial charge >= 0.3 is 0 Å². The number of rotatable bonds is 7. The molecule has 2 heterocycles. The molecule has 2 N–H and O–H groups in total. The molecule has 1 aliphatic carbocycles. The first-order chi connectivity index (χ1) is 13.6. The summed E-state index contributed by atoms with van der Waals surface area (Å²) in [6.07, 6.45) is 4.51. The number of aromatic amines is 1. The Labute approximate surface area is 163 Å². The molecule has 0 radical (unpaired) electrons. The fourth-order valence-electron chi connectivity index (χ4n) is 3.65. The van der Waals surface area contributed by atoms with Crippen molar-refractivity contribution in [2.75, 3.05) is 18.0 Å². The number of amides is 1. The summed E-state index contributed by atoms with van der Waals surface area (Å²) in [6.45, 7) is 1.71. The molecule has 1 aromatic carbocycles. The number of ketones is 1. The fourth-order valence-corrected chi connectivity index (χ4v) is 3.65. The van der Waals surface area contributed by atoms with E-state index < -0.39 is 0 Å². The molecule has 0 unspecified atom stereocenters. The van der Waals surface area contributed by atoms with Crippen molar-refractivity contribution in [1.29, 1.82) is 0 Å². The molecule has 2 aliphatic rings. The summed E-state index contributed by atoms with van der Waals surface area (Å²) in [6, 6.07) is 7.70. The maximum Gasteiger partial charge on any atom is 0.220 e. The van der Waals surface area contributed by atoms with Crippen LogP contribution in [0.4, 0.5) is 10.2 Å². The van der Waals surface area contributed by atoms with Crippen LogP contribution in [0.25, 0.3) is 0 Å². The minimum Gasteiger partial charge on any atom is -0.355 e. The second kappa shape index (κ2) is 8.12. The largest absolute Gasteiger partial charge is 0.355 e. The van der Waals surface area contributed by atoms with Gasteiger partial charge in [-0.3, -0.25) is 14.7 Å². The number of hydrogen-bond acceptors (Lipinski definition) is 4. The molecule has 1 amide bonds. The summed E-state index contributed by atoms with van der Waals surface area (Å²) in [5.74, 6) is 1.03. The zero-order valence-corrected chi connectivity index (χ0v) is 15.8. The number of carbonyl (C=O) groups excluding carboxylic acids is 2. The molecular weight excluding hydrogens is 359 g/mol. The van der Waals surface area contributed by atoms with E-state index in [0.29, 0.717) is 11.5 Å². The van der Waals surface area contributed by atoms with E-state index >= 15 is 0 Å². The molecule has 2 fully saturated rings. The summed E-state index contributed by atoms with van der Waals surface area (Å²) < 4.78 is 12.9. The Hall–Kier alpha value is -2.70. The van der Waals surface area contributed by atoms with Gasteiger partial charge in [-0.25, -0.2) is 4.39 Å². The molecule has 1 saturated heterocycles. The Morgan fingerprint density at radius 2 is 1.82 bits per heavy atom. The average Bonchev–Trinajstić information content (AvgIpc) is 3.44. The lowest BCUT2D eigenvalue weighted by Gasteiger charge is -2.32. The van der Waals surface area contributed by atoms with Crippen LogP contribution in [-0.2, 0) is 4.79 Å². The van der Waals surface area contributed by atoms with Crippen LogP contribution in [0.2, 0.25) is 0 Å². The normalized spacial score (nSPS) is 17.5. The third-order valence-corrected chi connectivity index (χ3v) is 5.53. The van der Waals surface area contributed by atoms with Gasteiger partial charge in [0.25, 0.3) is 0 Å². The maximum atomic E-state index is 12.9. The van der Waals surface area contributed by atoms with Gasteiger partial charge in [0, 0.05) is 55.2 Å². The van der Waals surface area contributed by atoms with Crippen molar-refractivity contribution in [3.8, 4) is 0 Å². The van der Waals surface area contributed by atoms with Gasteiger partial charge in [-0.1, -0.05) is 0 Å². The highest BCUT2D eigenvalue weighted by molar-refractivity contribution is 5.97. The number of aromatic nitrogens is 2. The molecule has 7 heteroatoms. The Bertz CT molecular complexity index is 836. The van der Waals surface area contributed by atoms with Crippen LogP contribution in [-0.4, -0.2) is 41.0 Å². The summed E-state index contributed by atoms with van der Waals surface area (Å²) in [7, 11) is 0. The predicted octanol–water partition coefficient (Wildman–Crippen LogP) is 3.17. The minimum absolute atomic E-state index is 0.107. The van der Waals surface area contributed by atoms with Crippen molar-refractivity contribution >= 4 is 17.5 Å². The van der Waals surface area contributed by atoms with Crippen LogP contribution in [0, 0.1) is 5.82 Å². The topological polar surface area (TPSA) is 78.1 Å². The Balaban J connectivity index is 1.19. The summed E-state index contributed by atoms with van der Waals surface area (Å²) in [5.41, 5.74) is 1.67. The van der Waals surface area contributed by atoms with Crippen LogP contribution < -0.4 is 10.2 Å². The molecule has 1 saturated carbocycles. The quantitative estimate of drug-likeness (QED) is 0.719. The first-order valence-corrected chi connectivity index (χ1v) is 9.97. The molecule has 6 nitrogen and oxygen atoms in total. The van der Waals surface area contributed by atoms with E-state index in [1.807, 2.05) is 0 Å². The molecule has 0 atom stereocenters. The van der Waals surface area contributed by atoms with Gasteiger partial charge in [0.15, 0.2) is 11.6 Å². The molecule has 0 spiro atoms. The highest BCUT2D eigenvalue weighted by atomic mass is 19.1. The van der Waals surface area contributed by atoms with Crippen molar-refractivity contribution in [3.05, 3.63) is 47.4 Å². The highest BCUT2D eigenvalue weighted by Gasteiger charge is 2.27. The molecule has 2 aromatic rings. The SMILES string of the molecule is O=C(CCC(=O)c1ccc(F)cc1)NC1CCN(c2cc(C3CC3)[nH]n2)CC1. The number of Topliss-reactive ketones (excluding diaryl/α,β-unsaturated/α-hetero) is 1. The van der Waals surface area contributed by atoms with Crippen LogP contribution in [0.15, 0.2) is 30.3 Å². The Morgan fingerprint density at radius 3 is 2.50 bits per heavy atom.